The predicted molar refractivity (Wildman–Crippen MR) is 106 cm³/mol. The van der Waals surface area contributed by atoms with Crippen LogP contribution in [0, 0.1) is 6.92 Å². The molecule has 2 atom stereocenters. The highest BCUT2D eigenvalue weighted by Crippen LogP contribution is 2.36. The average Bonchev–Trinajstić information content (AvgIpc) is 2.92. The number of sulfonamides is 1. The van der Waals surface area contributed by atoms with E-state index in [9.17, 15) is 23.1 Å². The molecule has 0 radical (unpaired) electrons. The highest BCUT2D eigenvalue weighted by Gasteiger charge is 2.53. The Morgan fingerprint density at radius 3 is 2.34 bits per heavy atom. The number of β-amino-alcohol motifs (C(OH)–C–C–N with tert-alkyl or cyclic N) is 1. The van der Waals surface area contributed by atoms with Gasteiger partial charge < -0.3 is 14.6 Å². The molecule has 9 heteroatoms. The minimum atomic E-state index is -4.10. The van der Waals surface area contributed by atoms with Gasteiger partial charge in [-0.1, -0.05) is 17.7 Å². The fourth-order valence-electron chi connectivity index (χ4n) is 3.20. The van der Waals surface area contributed by atoms with E-state index in [1.54, 1.807) is 39.8 Å². The van der Waals surface area contributed by atoms with Crippen molar-refractivity contribution >= 4 is 22.0 Å². The molecule has 0 unspecified atom stereocenters. The molecule has 0 amide bonds. The molecule has 29 heavy (non-hydrogen) atoms. The maximum absolute atomic E-state index is 13.2. The Balaban J connectivity index is 2.40. The Labute approximate surface area is 171 Å². The van der Waals surface area contributed by atoms with Crippen molar-refractivity contribution in [3.8, 4) is 0 Å². The summed E-state index contributed by atoms with van der Waals surface area (Å²) in [6.45, 7) is 8.19. The van der Waals surface area contributed by atoms with Crippen LogP contribution in [0.1, 0.15) is 46.1 Å². The van der Waals surface area contributed by atoms with E-state index in [1.165, 1.54) is 12.1 Å². The van der Waals surface area contributed by atoms with Crippen LogP contribution in [-0.4, -0.2) is 60.2 Å². The van der Waals surface area contributed by atoms with Crippen LogP contribution in [0.15, 0.2) is 29.2 Å². The highest BCUT2D eigenvalue weighted by atomic mass is 32.2. The molecule has 0 aromatic heterocycles. The van der Waals surface area contributed by atoms with Crippen LogP contribution < -0.4 is 0 Å². The lowest BCUT2D eigenvalue weighted by molar-refractivity contribution is -0.159. The average molecular weight is 428 g/mol. The van der Waals surface area contributed by atoms with Gasteiger partial charge in [-0.15, -0.1) is 0 Å². The zero-order valence-electron chi connectivity index (χ0n) is 17.5. The van der Waals surface area contributed by atoms with E-state index in [4.69, 9.17) is 9.47 Å². The summed E-state index contributed by atoms with van der Waals surface area (Å²) in [5, 5.41) is 10.9. The quantitative estimate of drug-likeness (QED) is 0.689. The summed E-state index contributed by atoms with van der Waals surface area (Å²) in [5.74, 6) is -1.43. The number of carbonyl (C=O) groups excluding carboxylic acids is 2. The topological polar surface area (TPSA) is 110 Å². The van der Waals surface area contributed by atoms with Crippen molar-refractivity contribution in [1.82, 2.24) is 4.31 Å². The minimum Gasteiger partial charge on any atom is -0.466 e. The van der Waals surface area contributed by atoms with Crippen LogP contribution >= 0.6 is 0 Å². The lowest BCUT2D eigenvalue weighted by atomic mass is 9.96. The number of aryl methyl sites for hydroxylation is 1. The van der Waals surface area contributed by atoms with E-state index in [0.717, 1.165) is 9.87 Å². The third kappa shape index (κ3) is 5.77. The summed E-state index contributed by atoms with van der Waals surface area (Å²) in [6.07, 6.45) is -0.675. The summed E-state index contributed by atoms with van der Waals surface area (Å²) in [6, 6.07) is 4.94. The summed E-state index contributed by atoms with van der Waals surface area (Å²) in [7, 11) is -4.10. The highest BCUT2D eigenvalue weighted by molar-refractivity contribution is 7.89. The van der Waals surface area contributed by atoms with Crippen molar-refractivity contribution in [2.24, 2.45) is 0 Å². The summed E-state index contributed by atoms with van der Waals surface area (Å²) in [5.41, 5.74) is -1.68. The van der Waals surface area contributed by atoms with Gasteiger partial charge in [0.05, 0.1) is 23.5 Å². The van der Waals surface area contributed by atoms with E-state index in [-0.39, 0.29) is 17.9 Å². The Kier molecular flexibility index (Phi) is 6.76. The summed E-state index contributed by atoms with van der Waals surface area (Å²) >= 11 is 0. The number of hydrogen-bond donors (Lipinski definition) is 1. The molecule has 1 saturated heterocycles. The Morgan fingerprint density at radius 1 is 1.24 bits per heavy atom. The van der Waals surface area contributed by atoms with Gasteiger partial charge in [0.25, 0.3) is 0 Å². The lowest BCUT2D eigenvalue weighted by Gasteiger charge is -2.26. The molecule has 1 heterocycles. The standard InChI is InChI=1S/C20H29NO7S/c1-6-27-17(22)12-20(24)11-16(18(23)28-19(3,4)5)21(13-20)29(25,26)15-9-7-14(2)8-10-15/h7-10,16,24H,6,11-13H2,1-5H3/t16-,20-/m0/s1. The number of rotatable bonds is 6. The van der Waals surface area contributed by atoms with Gasteiger partial charge in [-0.05, 0) is 46.8 Å². The number of benzene rings is 1. The van der Waals surface area contributed by atoms with Crippen molar-refractivity contribution in [3.63, 3.8) is 0 Å². The van der Waals surface area contributed by atoms with Gasteiger partial charge in [-0.3, -0.25) is 9.59 Å². The zero-order valence-corrected chi connectivity index (χ0v) is 18.3. The molecule has 1 aromatic carbocycles. The molecule has 2 rings (SSSR count). The van der Waals surface area contributed by atoms with Gasteiger partial charge in [0.2, 0.25) is 10.0 Å². The molecule has 1 N–H and O–H groups in total. The molecular weight excluding hydrogens is 398 g/mol. The van der Waals surface area contributed by atoms with Crippen molar-refractivity contribution < 1.29 is 32.6 Å². The second-order valence-corrected chi connectivity index (χ2v) is 10.2. The van der Waals surface area contributed by atoms with E-state index in [1.807, 2.05) is 6.92 Å². The third-order valence-corrected chi connectivity index (χ3v) is 6.33. The second kappa shape index (κ2) is 8.41. The van der Waals surface area contributed by atoms with Gasteiger partial charge in [0, 0.05) is 13.0 Å². The normalized spacial score (nSPS) is 23.0. The van der Waals surface area contributed by atoms with Crippen LogP contribution in [0.4, 0.5) is 0 Å². The predicted octanol–water partition coefficient (Wildman–Crippen LogP) is 1.78. The first-order valence-corrected chi connectivity index (χ1v) is 10.9. The van der Waals surface area contributed by atoms with Crippen LogP contribution in [0.3, 0.4) is 0 Å². The number of esters is 2. The molecule has 0 aliphatic carbocycles. The zero-order chi connectivity index (χ0) is 22.0. The molecule has 8 nitrogen and oxygen atoms in total. The first-order valence-electron chi connectivity index (χ1n) is 9.47. The van der Waals surface area contributed by atoms with E-state index < -0.39 is 52.2 Å². The van der Waals surface area contributed by atoms with Gasteiger partial charge in [-0.2, -0.15) is 4.31 Å². The molecule has 1 aromatic rings. The van der Waals surface area contributed by atoms with Crippen LogP contribution in [0.25, 0.3) is 0 Å². The van der Waals surface area contributed by atoms with Crippen LogP contribution in [0.5, 0.6) is 0 Å². The van der Waals surface area contributed by atoms with Crippen LogP contribution in [0.2, 0.25) is 0 Å². The fraction of sp³-hybridized carbons (Fsp3) is 0.600. The minimum absolute atomic E-state index is 0.00274. The van der Waals surface area contributed by atoms with Crippen molar-refractivity contribution in [2.45, 2.75) is 69.6 Å². The van der Waals surface area contributed by atoms with E-state index >= 15 is 0 Å². The molecule has 1 aliphatic rings. The van der Waals surface area contributed by atoms with Crippen molar-refractivity contribution in [3.05, 3.63) is 29.8 Å². The largest absolute Gasteiger partial charge is 0.466 e. The van der Waals surface area contributed by atoms with Gasteiger partial charge in [0.1, 0.15) is 11.6 Å². The summed E-state index contributed by atoms with van der Waals surface area (Å²) < 4.78 is 37.6. The molecule has 1 fully saturated rings. The van der Waals surface area contributed by atoms with Crippen molar-refractivity contribution in [1.29, 1.82) is 0 Å². The van der Waals surface area contributed by atoms with Gasteiger partial charge in [-0.25, -0.2) is 8.42 Å². The number of ether oxygens (including phenoxy) is 2. The second-order valence-electron chi connectivity index (χ2n) is 8.32. The molecule has 1 aliphatic heterocycles. The fourth-order valence-corrected chi connectivity index (χ4v) is 4.86. The van der Waals surface area contributed by atoms with Crippen molar-refractivity contribution in [2.75, 3.05) is 13.2 Å². The summed E-state index contributed by atoms with van der Waals surface area (Å²) in [4.78, 5) is 24.7. The number of hydrogen-bond acceptors (Lipinski definition) is 7. The third-order valence-electron chi connectivity index (χ3n) is 4.46. The Morgan fingerprint density at radius 2 is 1.83 bits per heavy atom. The van der Waals surface area contributed by atoms with Gasteiger partial charge in [0.15, 0.2) is 0 Å². The first-order chi connectivity index (χ1) is 13.3. The van der Waals surface area contributed by atoms with E-state index in [2.05, 4.69) is 0 Å². The maximum atomic E-state index is 13.2. The molecular formula is C20H29NO7S. The Bertz CT molecular complexity index is 858. The number of carbonyl (C=O) groups is 2. The number of aliphatic hydroxyl groups is 1. The molecule has 0 spiro atoms. The monoisotopic (exact) mass is 427 g/mol. The van der Waals surface area contributed by atoms with Gasteiger partial charge >= 0.3 is 11.9 Å². The molecule has 162 valence electrons. The molecule has 0 bridgehead atoms. The number of nitrogens with zero attached hydrogens (tertiary/aromatic N) is 1. The maximum Gasteiger partial charge on any atom is 0.325 e. The lowest BCUT2D eigenvalue weighted by Crippen LogP contribution is -2.43. The smallest absolute Gasteiger partial charge is 0.325 e. The SMILES string of the molecule is CCOC(=O)C[C@@]1(O)C[C@@H](C(=O)OC(C)(C)C)N(S(=O)(=O)c2ccc(C)cc2)C1. The first kappa shape index (κ1) is 23.3. The Hall–Kier alpha value is -1.97. The molecule has 0 saturated carbocycles. The van der Waals surface area contributed by atoms with E-state index in [0.29, 0.717) is 0 Å². The van der Waals surface area contributed by atoms with Crippen LogP contribution in [-0.2, 0) is 29.1 Å².